The van der Waals surface area contributed by atoms with Gasteiger partial charge in [0, 0.05) is 5.41 Å². The van der Waals surface area contributed by atoms with E-state index in [-0.39, 0.29) is 22.0 Å². The maximum atomic E-state index is 14.1. The third-order valence-corrected chi connectivity index (χ3v) is 5.11. The molecule has 1 aromatic carbocycles. The summed E-state index contributed by atoms with van der Waals surface area (Å²) in [5.74, 6) is -0.773. The van der Waals surface area contributed by atoms with E-state index in [4.69, 9.17) is 4.74 Å². The Morgan fingerprint density at radius 2 is 1.86 bits per heavy atom. The zero-order chi connectivity index (χ0) is 16.1. The average molecular weight is 294 g/mol. The maximum Gasteiger partial charge on any atom is 0.194 e. The highest BCUT2D eigenvalue weighted by molar-refractivity contribution is 5.47. The zero-order valence-corrected chi connectivity index (χ0v) is 14.0. The van der Waals surface area contributed by atoms with Gasteiger partial charge in [-0.3, -0.25) is 0 Å². The molecule has 0 bridgehead atoms. The molecular formula is C18H27FO2. The van der Waals surface area contributed by atoms with Crippen LogP contribution in [0.3, 0.4) is 0 Å². The molecule has 1 fully saturated rings. The third kappa shape index (κ3) is 2.63. The van der Waals surface area contributed by atoms with Crippen LogP contribution in [0, 0.1) is 16.6 Å². The number of ether oxygens (including phenoxy) is 1. The first-order chi connectivity index (χ1) is 9.52. The van der Waals surface area contributed by atoms with E-state index in [0.29, 0.717) is 0 Å². The largest absolute Gasteiger partial charge is 0.502 e. The number of hydrogen-bond donors (Lipinski definition) is 1. The molecule has 21 heavy (non-hydrogen) atoms. The van der Waals surface area contributed by atoms with Crippen molar-refractivity contribution in [1.29, 1.82) is 0 Å². The molecule has 0 spiro atoms. The van der Waals surface area contributed by atoms with Crippen LogP contribution in [-0.4, -0.2) is 12.2 Å². The second-order valence-electron chi connectivity index (χ2n) is 8.21. The minimum absolute atomic E-state index is 0.0624. The topological polar surface area (TPSA) is 29.5 Å². The molecule has 0 amide bonds. The Hall–Kier alpha value is -1.25. The summed E-state index contributed by atoms with van der Waals surface area (Å²) in [6.45, 7) is 11.2. The molecule has 2 nitrogen and oxygen atoms in total. The molecule has 0 saturated heterocycles. The average Bonchev–Trinajstić information content (AvgIpc) is 2.36. The molecule has 1 aliphatic carbocycles. The highest BCUT2D eigenvalue weighted by atomic mass is 19.1. The Kier molecular flexibility index (Phi) is 3.76. The molecule has 0 aliphatic heterocycles. The van der Waals surface area contributed by atoms with Crippen molar-refractivity contribution in [3.8, 4) is 11.5 Å². The lowest BCUT2D eigenvalue weighted by Gasteiger charge is -2.59. The highest BCUT2D eigenvalue weighted by Crippen LogP contribution is 2.62. The Labute approximate surface area is 127 Å². The van der Waals surface area contributed by atoms with Crippen LogP contribution in [-0.2, 0) is 5.41 Å². The van der Waals surface area contributed by atoms with Crippen LogP contribution in [0.4, 0.5) is 4.39 Å². The number of benzene rings is 1. The molecule has 1 N–H and O–H groups in total. The molecule has 0 radical (unpaired) electrons. The van der Waals surface area contributed by atoms with Crippen molar-refractivity contribution in [2.75, 3.05) is 7.11 Å². The van der Waals surface area contributed by atoms with Gasteiger partial charge < -0.3 is 9.84 Å². The minimum atomic E-state index is -0.597. The number of methoxy groups -OCH3 is 1. The molecule has 1 saturated carbocycles. The molecule has 2 rings (SSSR count). The molecule has 118 valence electrons. The fourth-order valence-electron chi connectivity index (χ4n) is 3.80. The van der Waals surface area contributed by atoms with E-state index in [2.05, 4.69) is 34.6 Å². The number of hydrogen-bond acceptors (Lipinski definition) is 2. The van der Waals surface area contributed by atoms with Gasteiger partial charge in [-0.1, -0.05) is 34.6 Å². The molecule has 0 heterocycles. The fourth-order valence-corrected chi connectivity index (χ4v) is 3.80. The smallest absolute Gasteiger partial charge is 0.194 e. The van der Waals surface area contributed by atoms with E-state index >= 15 is 0 Å². The number of phenols is 1. The summed E-state index contributed by atoms with van der Waals surface area (Å²) in [7, 11) is 1.46. The van der Waals surface area contributed by atoms with Crippen LogP contribution in [0.5, 0.6) is 11.5 Å². The summed E-state index contributed by atoms with van der Waals surface area (Å²) < 4.78 is 19.2. The normalized spacial score (nSPS) is 24.5. The maximum absolute atomic E-state index is 14.1. The van der Waals surface area contributed by atoms with Crippen molar-refractivity contribution in [3.05, 3.63) is 23.5 Å². The first kappa shape index (κ1) is 16.1. The number of halogens is 1. The van der Waals surface area contributed by atoms with E-state index in [0.717, 1.165) is 24.8 Å². The quantitative estimate of drug-likeness (QED) is 0.846. The fraction of sp³-hybridized carbons (Fsp3) is 0.667. The Morgan fingerprint density at radius 3 is 2.24 bits per heavy atom. The molecule has 0 aromatic heterocycles. The summed E-state index contributed by atoms with van der Waals surface area (Å²) in [6, 6.07) is 3.30. The van der Waals surface area contributed by atoms with E-state index in [1.54, 1.807) is 0 Å². The molecule has 1 aliphatic rings. The monoisotopic (exact) mass is 294 g/mol. The molecule has 1 atom stereocenters. The van der Waals surface area contributed by atoms with Gasteiger partial charge in [-0.25, -0.2) is 4.39 Å². The lowest BCUT2D eigenvalue weighted by molar-refractivity contribution is -0.00788. The van der Waals surface area contributed by atoms with E-state index < -0.39 is 11.6 Å². The third-order valence-electron chi connectivity index (χ3n) is 5.11. The molecule has 3 heteroatoms. The first-order valence-electron chi connectivity index (χ1n) is 7.59. The predicted octanol–water partition coefficient (Wildman–Crippen LogP) is 5.03. The second kappa shape index (κ2) is 4.89. The Morgan fingerprint density at radius 1 is 1.24 bits per heavy atom. The number of aromatic hydroxyl groups is 1. The SMILES string of the molecule is COc1cc(C2(CC(C)(C)C)CCC2(C)C)cc(F)c1O. The van der Waals surface area contributed by atoms with Crippen molar-refractivity contribution in [3.63, 3.8) is 0 Å². The molecular weight excluding hydrogens is 267 g/mol. The van der Waals surface area contributed by atoms with Gasteiger partial charge in [0.25, 0.3) is 0 Å². The Bertz CT molecular complexity index is 543. The van der Waals surface area contributed by atoms with Crippen LogP contribution in [0.15, 0.2) is 12.1 Å². The van der Waals surface area contributed by atoms with Gasteiger partial charge in [-0.05, 0) is 47.8 Å². The highest BCUT2D eigenvalue weighted by Gasteiger charge is 2.55. The first-order valence-corrected chi connectivity index (χ1v) is 7.59. The summed E-state index contributed by atoms with van der Waals surface area (Å²) in [4.78, 5) is 0. The Balaban J connectivity index is 2.56. The minimum Gasteiger partial charge on any atom is -0.502 e. The van der Waals surface area contributed by atoms with Crippen LogP contribution in [0.1, 0.15) is 59.4 Å². The van der Waals surface area contributed by atoms with Gasteiger partial charge >= 0.3 is 0 Å². The summed E-state index contributed by atoms with van der Waals surface area (Å²) in [6.07, 6.45) is 3.17. The lowest BCUT2D eigenvalue weighted by Crippen LogP contribution is -2.53. The van der Waals surface area contributed by atoms with Crippen molar-refractivity contribution >= 4 is 0 Å². The van der Waals surface area contributed by atoms with Gasteiger partial charge in [0.1, 0.15) is 0 Å². The second-order valence-corrected chi connectivity index (χ2v) is 8.21. The van der Waals surface area contributed by atoms with Crippen molar-refractivity contribution in [2.24, 2.45) is 10.8 Å². The predicted molar refractivity (Wildman–Crippen MR) is 83.4 cm³/mol. The van der Waals surface area contributed by atoms with Crippen molar-refractivity contribution < 1.29 is 14.2 Å². The van der Waals surface area contributed by atoms with Gasteiger partial charge in [-0.15, -0.1) is 0 Å². The van der Waals surface area contributed by atoms with Crippen molar-refractivity contribution in [1.82, 2.24) is 0 Å². The number of rotatable bonds is 3. The molecule has 1 unspecified atom stereocenters. The van der Waals surface area contributed by atoms with E-state index in [1.165, 1.54) is 13.2 Å². The summed E-state index contributed by atoms with van der Waals surface area (Å²) in [5, 5.41) is 9.74. The molecule has 1 aromatic rings. The van der Waals surface area contributed by atoms with Crippen LogP contribution < -0.4 is 4.74 Å². The standard InChI is InChI=1S/C18H27FO2/c1-16(2,3)11-18(8-7-17(18,4)5)12-9-13(19)15(20)14(10-12)21-6/h9-10,20H,7-8,11H2,1-6H3. The van der Waals surface area contributed by atoms with Gasteiger partial charge in [0.05, 0.1) is 7.11 Å². The summed E-state index contributed by atoms with van der Waals surface area (Å²) >= 11 is 0. The van der Waals surface area contributed by atoms with Gasteiger partial charge in [-0.2, -0.15) is 0 Å². The van der Waals surface area contributed by atoms with Crippen LogP contribution in [0.2, 0.25) is 0 Å². The van der Waals surface area contributed by atoms with E-state index in [1.807, 2.05) is 6.07 Å². The number of phenolic OH excluding ortho intramolecular Hbond substituents is 1. The lowest BCUT2D eigenvalue weighted by atomic mass is 9.45. The zero-order valence-electron chi connectivity index (χ0n) is 14.0. The van der Waals surface area contributed by atoms with Gasteiger partial charge in [0.15, 0.2) is 17.3 Å². The van der Waals surface area contributed by atoms with E-state index in [9.17, 15) is 9.50 Å². The van der Waals surface area contributed by atoms with Crippen LogP contribution >= 0.6 is 0 Å². The summed E-state index contributed by atoms with van der Waals surface area (Å²) in [5.41, 5.74) is 1.15. The van der Waals surface area contributed by atoms with Gasteiger partial charge in [0.2, 0.25) is 0 Å². The van der Waals surface area contributed by atoms with Crippen molar-refractivity contribution in [2.45, 2.75) is 59.3 Å². The van der Waals surface area contributed by atoms with Crippen LogP contribution in [0.25, 0.3) is 0 Å².